The monoisotopic (exact) mass is 236 g/mol. The lowest BCUT2D eigenvalue weighted by molar-refractivity contribution is 0.201. The maximum atomic E-state index is 5.75. The first-order valence-electron chi connectivity index (χ1n) is 6.31. The van der Waals surface area contributed by atoms with E-state index >= 15 is 0 Å². The second-order valence-electron chi connectivity index (χ2n) is 4.26. The van der Waals surface area contributed by atoms with Crippen LogP contribution in [0.1, 0.15) is 19.8 Å². The molecule has 0 saturated carbocycles. The first-order chi connectivity index (χ1) is 8.40. The minimum atomic E-state index is 0.584. The highest BCUT2D eigenvalue weighted by Crippen LogP contribution is 2.24. The Morgan fingerprint density at radius 1 is 1.47 bits per heavy atom. The summed E-state index contributed by atoms with van der Waals surface area (Å²) in [5.41, 5.74) is 0. The molecule has 1 fully saturated rings. The highest BCUT2D eigenvalue weighted by molar-refractivity contribution is 5.32. The van der Waals surface area contributed by atoms with Crippen LogP contribution in [0.5, 0.6) is 11.6 Å². The minimum absolute atomic E-state index is 0.584. The number of hydrogen-bond donors (Lipinski definition) is 1. The van der Waals surface area contributed by atoms with Crippen LogP contribution in [0.25, 0.3) is 0 Å². The van der Waals surface area contributed by atoms with Crippen LogP contribution in [0.2, 0.25) is 0 Å². The van der Waals surface area contributed by atoms with Crippen LogP contribution in [0.15, 0.2) is 18.3 Å². The third kappa shape index (κ3) is 3.60. The molecule has 1 N–H and O–H groups in total. The fourth-order valence-corrected chi connectivity index (χ4v) is 2.01. The van der Waals surface area contributed by atoms with E-state index in [9.17, 15) is 0 Å². The van der Waals surface area contributed by atoms with Gasteiger partial charge in [0.05, 0.1) is 13.2 Å². The van der Waals surface area contributed by atoms with Crippen LogP contribution < -0.4 is 14.8 Å². The Morgan fingerprint density at radius 2 is 2.41 bits per heavy atom. The van der Waals surface area contributed by atoms with Crippen LogP contribution in [0.4, 0.5) is 0 Å². The lowest BCUT2D eigenvalue weighted by atomic mass is 10.0. The quantitative estimate of drug-likeness (QED) is 0.847. The molecule has 1 aliphatic rings. The molecule has 1 aliphatic heterocycles. The zero-order chi connectivity index (χ0) is 11.9. The van der Waals surface area contributed by atoms with Crippen molar-refractivity contribution in [3.05, 3.63) is 18.3 Å². The van der Waals surface area contributed by atoms with Gasteiger partial charge in [-0.15, -0.1) is 0 Å². The molecule has 1 unspecified atom stereocenters. The maximum Gasteiger partial charge on any atom is 0.256 e. The van der Waals surface area contributed by atoms with Gasteiger partial charge in [0.25, 0.3) is 5.88 Å². The Kier molecular flexibility index (Phi) is 4.62. The molecule has 0 aliphatic carbocycles. The van der Waals surface area contributed by atoms with Gasteiger partial charge in [-0.05, 0) is 38.4 Å². The Labute approximate surface area is 102 Å². The van der Waals surface area contributed by atoms with Gasteiger partial charge in [-0.2, -0.15) is 0 Å². The van der Waals surface area contributed by atoms with Gasteiger partial charge in [0.2, 0.25) is 0 Å². The fourth-order valence-electron chi connectivity index (χ4n) is 2.01. The summed E-state index contributed by atoms with van der Waals surface area (Å²) in [7, 11) is 0. The van der Waals surface area contributed by atoms with Crippen molar-refractivity contribution in [2.75, 3.05) is 26.3 Å². The normalized spacial score (nSPS) is 19.9. The van der Waals surface area contributed by atoms with E-state index < -0.39 is 0 Å². The lowest BCUT2D eigenvalue weighted by Crippen LogP contribution is -2.33. The van der Waals surface area contributed by atoms with E-state index in [1.165, 1.54) is 12.8 Å². The summed E-state index contributed by atoms with van der Waals surface area (Å²) >= 11 is 0. The zero-order valence-electron chi connectivity index (χ0n) is 10.3. The van der Waals surface area contributed by atoms with Crippen LogP contribution >= 0.6 is 0 Å². The number of aromatic nitrogens is 1. The number of nitrogens with one attached hydrogen (secondary N) is 1. The molecular weight excluding hydrogens is 216 g/mol. The predicted octanol–water partition coefficient (Wildman–Crippen LogP) is 1.86. The Morgan fingerprint density at radius 3 is 3.18 bits per heavy atom. The van der Waals surface area contributed by atoms with Gasteiger partial charge in [0.15, 0.2) is 5.75 Å². The SMILES string of the molecule is CCOc1cccnc1OCC1CCCNC1. The van der Waals surface area contributed by atoms with E-state index in [0.29, 0.717) is 25.0 Å². The molecule has 2 heterocycles. The molecule has 0 spiro atoms. The number of pyridine rings is 1. The summed E-state index contributed by atoms with van der Waals surface area (Å²) < 4.78 is 11.2. The Bertz CT molecular complexity index is 338. The lowest BCUT2D eigenvalue weighted by Gasteiger charge is -2.22. The first-order valence-corrected chi connectivity index (χ1v) is 6.31. The van der Waals surface area contributed by atoms with Gasteiger partial charge < -0.3 is 14.8 Å². The van der Waals surface area contributed by atoms with Gasteiger partial charge in [-0.1, -0.05) is 0 Å². The summed E-state index contributed by atoms with van der Waals surface area (Å²) in [5.74, 6) is 1.93. The standard InChI is InChI=1S/C13H20N2O2/c1-2-16-12-6-4-8-15-13(12)17-10-11-5-3-7-14-9-11/h4,6,8,11,14H,2-3,5,7,9-10H2,1H3. The maximum absolute atomic E-state index is 5.75. The first kappa shape index (κ1) is 12.2. The number of hydrogen-bond acceptors (Lipinski definition) is 4. The summed E-state index contributed by atoms with van der Waals surface area (Å²) in [6, 6.07) is 3.75. The molecule has 4 nitrogen and oxygen atoms in total. The average Bonchev–Trinajstić information content (AvgIpc) is 2.39. The summed E-state index contributed by atoms with van der Waals surface area (Å²) in [4.78, 5) is 4.21. The third-order valence-corrected chi connectivity index (χ3v) is 2.89. The number of rotatable bonds is 5. The van der Waals surface area contributed by atoms with E-state index in [1.807, 2.05) is 19.1 Å². The summed E-state index contributed by atoms with van der Waals surface area (Å²) in [6.45, 7) is 5.47. The van der Waals surface area contributed by atoms with Crippen molar-refractivity contribution in [1.29, 1.82) is 0 Å². The molecule has 17 heavy (non-hydrogen) atoms. The fraction of sp³-hybridized carbons (Fsp3) is 0.615. The topological polar surface area (TPSA) is 43.4 Å². The second kappa shape index (κ2) is 6.45. The second-order valence-corrected chi connectivity index (χ2v) is 4.26. The van der Waals surface area contributed by atoms with E-state index in [-0.39, 0.29) is 0 Å². The number of piperidine rings is 1. The molecule has 0 bridgehead atoms. The third-order valence-electron chi connectivity index (χ3n) is 2.89. The number of ether oxygens (including phenoxy) is 2. The van der Waals surface area contributed by atoms with Crippen LogP contribution in [-0.2, 0) is 0 Å². The molecule has 1 aromatic rings. The van der Waals surface area contributed by atoms with E-state index in [2.05, 4.69) is 10.3 Å². The summed E-state index contributed by atoms with van der Waals surface area (Å²) in [6.07, 6.45) is 4.19. The van der Waals surface area contributed by atoms with Gasteiger partial charge in [-0.3, -0.25) is 0 Å². The Balaban J connectivity index is 1.88. The highest BCUT2D eigenvalue weighted by Gasteiger charge is 2.15. The van der Waals surface area contributed by atoms with Crippen molar-refractivity contribution in [3.8, 4) is 11.6 Å². The molecule has 1 aromatic heterocycles. The smallest absolute Gasteiger partial charge is 0.256 e. The molecule has 4 heteroatoms. The largest absolute Gasteiger partial charge is 0.488 e. The predicted molar refractivity (Wildman–Crippen MR) is 66.5 cm³/mol. The Hall–Kier alpha value is -1.29. The van der Waals surface area contributed by atoms with Crippen molar-refractivity contribution >= 4 is 0 Å². The van der Waals surface area contributed by atoms with Crippen LogP contribution in [-0.4, -0.2) is 31.3 Å². The molecular formula is C13H20N2O2. The molecule has 1 saturated heterocycles. The van der Waals surface area contributed by atoms with Gasteiger partial charge >= 0.3 is 0 Å². The number of nitrogens with zero attached hydrogens (tertiary/aromatic N) is 1. The molecule has 0 aromatic carbocycles. The van der Waals surface area contributed by atoms with Crippen molar-refractivity contribution in [2.45, 2.75) is 19.8 Å². The zero-order valence-corrected chi connectivity index (χ0v) is 10.3. The van der Waals surface area contributed by atoms with E-state index in [1.54, 1.807) is 6.20 Å². The van der Waals surface area contributed by atoms with Crippen molar-refractivity contribution in [3.63, 3.8) is 0 Å². The van der Waals surface area contributed by atoms with Crippen LogP contribution in [0.3, 0.4) is 0 Å². The van der Waals surface area contributed by atoms with Gasteiger partial charge in [0, 0.05) is 18.7 Å². The van der Waals surface area contributed by atoms with Gasteiger partial charge in [-0.25, -0.2) is 4.98 Å². The van der Waals surface area contributed by atoms with Crippen molar-refractivity contribution < 1.29 is 9.47 Å². The van der Waals surface area contributed by atoms with Gasteiger partial charge in [0.1, 0.15) is 0 Å². The molecule has 94 valence electrons. The van der Waals surface area contributed by atoms with Crippen LogP contribution in [0, 0.1) is 5.92 Å². The molecule has 0 radical (unpaired) electrons. The van der Waals surface area contributed by atoms with E-state index in [4.69, 9.17) is 9.47 Å². The summed E-state index contributed by atoms with van der Waals surface area (Å²) in [5, 5.41) is 3.38. The van der Waals surface area contributed by atoms with E-state index in [0.717, 1.165) is 18.8 Å². The average molecular weight is 236 g/mol. The molecule has 0 amide bonds. The van der Waals surface area contributed by atoms with Crippen molar-refractivity contribution in [2.24, 2.45) is 5.92 Å². The molecule has 2 rings (SSSR count). The minimum Gasteiger partial charge on any atom is -0.488 e. The van der Waals surface area contributed by atoms with Crippen molar-refractivity contribution in [1.82, 2.24) is 10.3 Å². The highest BCUT2D eigenvalue weighted by atomic mass is 16.5. The molecule has 1 atom stereocenters.